The minimum atomic E-state index is -1.49. The Labute approximate surface area is 200 Å². The lowest BCUT2D eigenvalue weighted by atomic mass is 9.90. The lowest BCUT2D eigenvalue weighted by Gasteiger charge is -2.26. The molecule has 1 unspecified atom stereocenters. The topological polar surface area (TPSA) is 59.3 Å². The molecule has 1 aliphatic heterocycles. The number of allylic oxidation sites excluding steroid dienone is 2. The number of rotatable bonds is 3. The fourth-order valence-corrected chi connectivity index (χ4v) is 4.64. The number of carbonyl (C=O) groups is 1. The van der Waals surface area contributed by atoms with Gasteiger partial charge in [-0.15, -0.1) is 0 Å². The molecule has 1 atom stereocenters. The van der Waals surface area contributed by atoms with Crippen molar-refractivity contribution >= 4 is 39.5 Å². The lowest BCUT2D eigenvalue weighted by molar-refractivity contribution is -0.104. The molecular formula is C29H16ClNO3. The predicted molar refractivity (Wildman–Crippen MR) is 131 cm³/mol. The largest absolute Gasteiger partial charge is 0.440 e. The van der Waals surface area contributed by atoms with Crippen molar-refractivity contribution in [3.05, 3.63) is 130 Å². The van der Waals surface area contributed by atoms with Crippen molar-refractivity contribution < 1.29 is 14.3 Å². The van der Waals surface area contributed by atoms with Crippen LogP contribution in [0, 0.1) is 11.3 Å². The van der Waals surface area contributed by atoms with E-state index in [2.05, 4.69) is 6.07 Å². The van der Waals surface area contributed by atoms with Gasteiger partial charge in [-0.2, -0.15) is 5.26 Å². The maximum absolute atomic E-state index is 13.5. The highest BCUT2D eigenvalue weighted by molar-refractivity contribution is 6.30. The molecule has 2 aliphatic rings. The first-order valence-corrected chi connectivity index (χ1v) is 11.1. The van der Waals surface area contributed by atoms with Gasteiger partial charge in [0.2, 0.25) is 11.5 Å². The molecule has 4 nitrogen and oxygen atoms in total. The SMILES string of the molecule is N#C/C(=C\C1(c2ccccc2)OC2=C(O1)c1cccc3cccc(c13)C2=O)c1ccc(Cl)cc1. The van der Waals surface area contributed by atoms with Crippen LogP contribution in [-0.4, -0.2) is 5.78 Å². The predicted octanol–water partition coefficient (Wildman–Crippen LogP) is 6.87. The Morgan fingerprint density at radius 2 is 1.50 bits per heavy atom. The highest BCUT2D eigenvalue weighted by Crippen LogP contribution is 2.50. The fourth-order valence-electron chi connectivity index (χ4n) is 4.52. The minimum absolute atomic E-state index is 0.139. The van der Waals surface area contributed by atoms with Crippen molar-refractivity contribution in [2.45, 2.75) is 5.79 Å². The second-order valence-corrected chi connectivity index (χ2v) is 8.55. The van der Waals surface area contributed by atoms with E-state index in [0.29, 0.717) is 33.0 Å². The number of Topliss-reactive ketones (excluding diaryl/α,β-unsaturated/α-hetero) is 1. The van der Waals surface area contributed by atoms with Gasteiger partial charge in [-0.25, -0.2) is 0 Å². The first-order valence-electron chi connectivity index (χ1n) is 10.7. The molecule has 5 heteroatoms. The number of carbonyl (C=O) groups excluding carboxylic acids is 1. The second-order valence-electron chi connectivity index (χ2n) is 8.11. The molecule has 0 spiro atoms. The van der Waals surface area contributed by atoms with Gasteiger partial charge in [0.15, 0.2) is 5.76 Å². The molecule has 0 bridgehead atoms. The molecule has 0 N–H and O–H groups in total. The summed E-state index contributed by atoms with van der Waals surface area (Å²) in [6, 6.07) is 30.0. The summed E-state index contributed by atoms with van der Waals surface area (Å²) in [5.41, 5.74) is 3.02. The number of ketones is 1. The van der Waals surface area contributed by atoms with Gasteiger partial charge in [0.25, 0.3) is 5.79 Å². The maximum atomic E-state index is 13.5. The Bertz CT molecular complexity index is 1570. The van der Waals surface area contributed by atoms with E-state index in [4.69, 9.17) is 21.1 Å². The van der Waals surface area contributed by atoms with E-state index in [1.54, 1.807) is 36.4 Å². The summed E-state index contributed by atoms with van der Waals surface area (Å²) in [5.74, 6) is -1.21. The molecule has 0 saturated carbocycles. The van der Waals surface area contributed by atoms with E-state index in [1.807, 2.05) is 60.7 Å². The lowest BCUT2D eigenvalue weighted by Crippen LogP contribution is -2.26. The third-order valence-electron chi connectivity index (χ3n) is 6.10. The molecule has 0 fully saturated rings. The van der Waals surface area contributed by atoms with E-state index in [0.717, 1.165) is 16.3 Å². The van der Waals surface area contributed by atoms with E-state index in [-0.39, 0.29) is 11.5 Å². The molecule has 0 saturated heterocycles. The summed E-state index contributed by atoms with van der Waals surface area (Å²) in [7, 11) is 0. The van der Waals surface area contributed by atoms with Gasteiger partial charge in [0.05, 0.1) is 11.6 Å². The third kappa shape index (κ3) is 3.02. The van der Waals surface area contributed by atoms with Crippen LogP contribution in [0.3, 0.4) is 0 Å². The first kappa shape index (κ1) is 20.3. The molecule has 1 heterocycles. The number of hydrogen-bond donors (Lipinski definition) is 0. The van der Waals surface area contributed by atoms with Gasteiger partial charge in [-0.1, -0.05) is 90.5 Å². The maximum Gasteiger partial charge on any atom is 0.300 e. The van der Waals surface area contributed by atoms with Crippen molar-refractivity contribution in [3.63, 3.8) is 0 Å². The average molecular weight is 462 g/mol. The van der Waals surface area contributed by atoms with E-state index >= 15 is 0 Å². The van der Waals surface area contributed by atoms with Crippen LogP contribution in [0.25, 0.3) is 22.1 Å². The molecule has 0 aromatic heterocycles. The van der Waals surface area contributed by atoms with Crippen LogP contribution < -0.4 is 0 Å². The van der Waals surface area contributed by atoms with Crippen molar-refractivity contribution in [1.82, 2.24) is 0 Å². The summed E-state index contributed by atoms with van der Waals surface area (Å²) in [6.45, 7) is 0. The molecule has 162 valence electrons. The molecule has 4 aromatic rings. The smallest absolute Gasteiger partial charge is 0.300 e. The molecular weight excluding hydrogens is 446 g/mol. The van der Waals surface area contributed by atoms with Crippen molar-refractivity contribution in [2.75, 3.05) is 0 Å². The van der Waals surface area contributed by atoms with E-state index < -0.39 is 5.79 Å². The highest BCUT2D eigenvalue weighted by Gasteiger charge is 2.48. The van der Waals surface area contributed by atoms with E-state index in [9.17, 15) is 10.1 Å². The number of hydrogen-bond acceptors (Lipinski definition) is 4. The number of halogens is 1. The van der Waals surface area contributed by atoms with Gasteiger partial charge >= 0.3 is 0 Å². The third-order valence-corrected chi connectivity index (χ3v) is 6.35. The van der Waals surface area contributed by atoms with Gasteiger partial charge in [-0.05, 0) is 23.1 Å². The van der Waals surface area contributed by atoms with Gasteiger partial charge in [-0.3, -0.25) is 4.79 Å². The van der Waals surface area contributed by atoms with Crippen LogP contribution in [0.1, 0.15) is 27.0 Å². The second kappa shape index (κ2) is 7.62. The first-order chi connectivity index (χ1) is 16.6. The molecule has 4 aromatic carbocycles. The molecule has 1 aliphatic carbocycles. The van der Waals surface area contributed by atoms with Gasteiger partial charge < -0.3 is 9.47 Å². The fraction of sp³-hybridized carbons (Fsp3) is 0.0345. The van der Waals surface area contributed by atoms with Crippen LogP contribution in [0.2, 0.25) is 5.02 Å². The zero-order chi connectivity index (χ0) is 23.3. The standard InChI is InChI=1S/C29H16ClNO3/c30-22-14-12-18(13-15-22)20(17-31)16-29(21-8-2-1-3-9-21)33-27-24-11-5-7-19-6-4-10-23(25(19)24)26(32)28(27)34-29/h1-16H/b20-16+. The average Bonchev–Trinajstić information content (AvgIpc) is 3.28. The normalized spacial score (nSPS) is 18.8. The number of ether oxygens (including phenoxy) is 2. The summed E-state index contributed by atoms with van der Waals surface area (Å²) >= 11 is 6.04. The zero-order valence-electron chi connectivity index (χ0n) is 17.8. The van der Waals surface area contributed by atoms with Crippen LogP contribution in [-0.2, 0) is 15.3 Å². The van der Waals surface area contributed by atoms with Crippen molar-refractivity contribution in [1.29, 1.82) is 5.26 Å². The Hall–Kier alpha value is -4.33. The minimum Gasteiger partial charge on any atom is -0.440 e. The number of fused-ring (bicyclic) bond motifs is 1. The van der Waals surface area contributed by atoms with Crippen LogP contribution >= 0.6 is 11.6 Å². The number of nitrogens with zero attached hydrogens (tertiary/aromatic N) is 1. The number of nitriles is 1. The Balaban J connectivity index is 1.55. The van der Waals surface area contributed by atoms with Gasteiger partial charge in [0, 0.05) is 33.2 Å². The molecule has 0 radical (unpaired) electrons. The van der Waals surface area contributed by atoms with Crippen molar-refractivity contribution in [2.24, 2.45) is 0 Å². The zero-order valence-corrected chi connectivity index (χ0v) is 18.5. The van der Waals surface area contributed by atoms with Crippen LogP contribution in [0.15, 0.2) is 103 Å². The van der Waals surface area contributed by atoms with Crippen LogP contribution in [0.5, 0.6) is 0 Å². The summed E-state index contributed by atoms with van der Waals surface area (Å²) < 4.78 is 12.9. The van der Waals surface area contributed by atoms with E-state index in [1.165, 1.54) is 0 Å². The Morgan fingerprint density at radius 1 is 0.824 bits per heavy atom. The quantitative estimate of drug-likeness (QED) is 0.312. The number of benzene rings is 4. The Morgan fingerprint density at radius 3 is 2.21 bits per heavy atom. The van der Waals surface area contributed by atoms with Gasteiger partial charge in [0.1, 0.15) is 0 Å². The summed E-state index contributed by atoms with van der Waals surface area (Å²) in [6.07, 6.45) is 1.63. The molecule has 34 heavy (non-hydrogen) atoms. The summed E-state index contributed by atoms with van der Waals surface area (Å²) in [5, 5.41) is 12.4. The monoisotopic (exact) mass is 461 g/mol. The van der Waals surface area contributed by atoms with Crippen molar-refractivity contribution in [3.8, 4) is 6.07 Å². The molecule has 0 amide bonds. The summed E-state index contributed by atoms with van der Waals surface area (Å²) in [4.78, 5) is 13.5. The van der Waals surface area contributed by atoms with Crippen LogP contribution in [0.4, 0.5) is 0 Å². The molecule has 6 rings (SSSR count). The Kier molecular flexibility index (Phi) is 4.55. The highest BCUT2D eigenvalue weighted by atomic mass is 35.5.